The minimum atomic E-state index is -0.273. The molecule has 3 nitrogen and oxygen atoms in total. The van der Waals surface area contributed by atoms with Crippen LogP contribution in [0.25, 0.3) is 0 Å². The fourth-order valence-electron chi connectivity index (χ4n) is 4.87. The van der Waals surface area contributed by atoms with Gasteiger partial charge in [-0.3, -0.25) is 0 Å². The van der Waals surface area contributed by atoms with Crippen molar-refractivity contribution in [1.29, 1.82) is 0 Å². The molecule has 0 bridgehead atoms. The minimum Gasteiger partial charge on any atom is -0.492 e. The number of carbonyl (C=O) groups is 1. The van der Waals surface area contributed by atoms with Gasteiger partial charge in [0.25, 0.3) is 0 Å². The van der Waals surface area contributed by atoms with Crippen LogP contribution in [-0.2, 0) is 21.0 Å². The zero-order valence-electron chi connectivity index (χ0n) is 18.5. The Bertz CT molecular complexity index is 953. The maximum absolute atomic E-state index is 12.0. The number of benzene rings is 2. The van der Waals surface area contributed by atoms with Gasteiger partial charge in [0.2, 0.25) is 0 Å². The lowest BCUT2D eigenvalue weighted by molar-refractivity contribution is 0.0526. The van der Waals surface area contributed by atoms with Crippen LogP contribution in [0.15, 0.2) is 36.4 Å². The number of hydrogen-bond donors (Lipinski definition) is 0. The maximum atomic E-state index is 12.0. The van der Waals surface area contributed by atoms with E-state index in [1.54, 1.807) is 0 Å². The highest BCUT2D eigenvalue weighted by Gasteiger charge is 2.43. The number of hydrogen-bond acceptors (Lipinski definition) is 3. The molecular weight excluding hydrogens is 360 g/mol. The third-order valence-electron chi connectivity index (χ3n) is 7.10. The summed E-state index contributed by atoms with van der Waals surface area (Å²) in [6.07, 6.45) is 2.38. The second kappa shape index (κ2) is 6.62. The largest absolute Gasteiger partial charge is 0.492 e. The molecule has 1 unspecified atom stereocenters. The zero-order chi connectivity index (χ0) is 21.0. The Kier molecular flexibility index (Phi) is 4.56. The van der Waals surface area contributed by atoms with Crippen LogP contribution in [0.5, 0.6) is 5.75 Å². The van der Waals surface area contributed by atoms with E-state index >= 15 is 0 Å². The number of fused-ring (bicyclic) bond motifs is 2. The fourth-order valence-corrected chi connectivity index (χ4v) is 4.87. The van der Waals surface area contributed by atoms with E-state index in [0.717, 1.165) is 11.3 Å². The van der Waals surface area contributed by atoms with Gasteiger partial charge in [0.05, 0.1) is 17.6 Å². The van der Waals surface area contributed by atoms with Gasteiger partial charge in [-0.05, 0) is 72.4 Å². The van der Waals surface area contributed by atoms with Crippen molar-refractivity contribution >= 4 is 5.97 Å². The van der Waals surface area contributed by atoms with E-state index in [-0.39, 0.29) is 22.2 Å². The highest BCUT2D eigenvalue weighted by molar-refractivity contribution is 5.89. The molecule has 2 aromatic carbocycles. The van der Waals surface area contributed by atoms with Crippen LogP contribution < -0.4 is 4.74 Å². The summed E-state index contributed by atoms with van der Waals surface area (Å²) >= 11 is 0. The molecule has 4 rings (SSSR count). The van der Waals surface area contributed by atoms with Crippen LogP contribution in [-0.4, -0.2) is 19.2 Å². The van der Waals surface area contributed by atoms with Gasteiger partial charge in [-0.2, -0.15) is 0 Å². The molecule has 0 fully saturated rings. The third kappa shape index (κ3) is 3.15. The number of esters is 1. The lowest BCUT2D eigenvalue weighted by Gasteiger charge is -2.42. The van der Waals surface area contributed by atoms with E-state index in [1.165, 1.54) is 29.5 Å². The minimum absolute atomic E-state index is 0.164. The molecule has 1 aliphatic carbocycles. The Morgan fingerprint density at radius 2 is 1.52 bits per heavy atom. The van der Waals surface area contributed by atoms with Crippen molar-refractivity contribution in [3.63, 3.8) is 0 Å². The second-order valence-electron chi connectivity index (χ2n) is 10.1. The summed E-state index contributed by atoms with van der Waals surface area (Å²) in [5.74, 6) is 0.733. The summed E-state index contributed by atoms with van der Waals surface area (Å²) in [5, 5.41) is 0. The lowest BCUT2D eigenvalue weighted by Crippen LogP contribution is -2.34. The van der Waals surface area contributed by atoms with Gasteiger partial charge in [0.1, 0.15) is 12.4 Å². The highest BCUT2D eigenvalue weighted by Crippen LogP contribution is 2.52. The summed E-state index contributed by atoms with van der Waals surface area (Å²) in [6.45, 7) is 14.5. The topological polar surface area (TPSA) is 35.5 Å². The second-order valence-corrected chi connectivity index (χ2v) is 10.1. The number of rotatable bonds is 3. The van der Waals surface area contributed by atoms with E-state index in [1.807, 2.05) is 31.2 Å². The summed E-state index contributed by atoms with van der Waals surface area (Å²) in [7, 11) is 0. The van der Waals surface area contributed by atoms with Gasteiger partial charge in [-0.1, -0.05) is 45.9 Å². The summed E-state index contributed by atoms with van der Waals surface area (Å²) in [5.41, 5.74) is 5.99. The van der Waals surface area contributed by atoms with Crippen molar-refractivity contribution in [2.24, 2.45) is 0 Å². The van der Waals surface area contributed by atoms with Crippen LogP contribution in [0.2, 0.25) is 0 Å². The Labute approximate surface area is 174 Å². The number of carbonyl (C=O) groups excluding carboxylic acids is 1. The Hall–Kier alpha value is -2.29. The summed E-state index contributed by atoms with van der Waals surface area (Å²) in [4.78, 5) is 12.0. The Balaban J connectivity index is 1.78. The van der Waals surface area contributed by atoms with Gasteiger partial charge in [0, 0.05) is 5.56 Å². The molecule has 0 saturated heterocycles. The first-order valence-corrected chi connectivity index (χ1v) is 10.7. The van der Waals surface area contributed by atoms with Crippen LogP contribution in [0.4, 0.5) is 0 Å². The first-order chi connectivity index (χ1) is 13.6. The highest BCUT2D eigenvalue weighted by atomic mass is 16.5. The van der Waals surface area contributed by atoms with Crippen molar-refractivity contribution in [3.05, 3.63) is 64.2 Å². The van der Waals surface area contributed by atoms with Crippen LogP contribution in [0, 0.1) is 0 Å². The first kappa shape index (κ1) is 20.0. The van der Waals surface area contributed by atoms with Gasteiger partial charge in [0.15, 0.2) is 0 Å². The van der Waals surface area contributed by atoms with Gasteiger partial charge in [-0.15, -0.1) is 0 Å². The SMILES string of the molecule is CCOC(=O)c1ccc(C2(C)COc3cc4c(cc32)C(C)(C)CCC4(C)C)cc1. The number of ether oxygens (including phenoxy) is 2. The van der Waals surface area contributed by atoms with Gasteiger partial charge >= 0.3 is 5.97 Å². The molecule has 0 aromatic heterocycles. The first-order valence-electron chi connectivity index (χ1n) is 10.7. The molecule has 1 atom stereocenters. The molecule has 1 aliphatic heterocycles. The molecule has 154 valence electrons. The quantitative estimate of drug-likeness (QED) is 0.609. The fraction of sp³-hybridized carbons (Fsp3) is 0.500. The van der Waals surface area contributed by atoms with E-state index in [9.17, 15) is 4.79 Å². The molecule has 0 amide bonds. The average molecular weight is 393 g/mol. The summed E-state index contributed by atoms with van der Waals surface area (Å²) in [6, 6.07) is 12.5. The van der Waals surface area contributed by atoms with Crippen LogP contribution >= 0.6 is 0 Å². The molecule has 0 radical (unpaired) electrons. The van der Waals surface area contributed by atoms with Crippen molar-refractivity contribution in [2.75, 3.05) is 13.2 Å². The normalized spacial score (nSPS) is 23.7. The molecule has 0 spiro atoms. The monoisotopic (exact) mass is 392 g/mol. The molecule has 2 aromatic rings. The third-order valence-corrected chi connectivity index (χ3v) is 7.10. The Morgan fingerprint density at radius 3 is 2.10 bits per heavy atom. The van der Waals surface area contributed by atoms with Crippen molar-refractivity contribution < 1.29 is 14.3 Å². The molecule has 0 saturated carbocycles. The summed E-state index contributed by atoms with van der Waals surface area (Å²) < 4.78 is 11.3. The van der Waals surface area contributed by atoms with E-state index in [4.69, 9.17) is 9.47 Å². The molecule has 29 heavy (non-hydrogen) atoms. The molecule has 0 N–H and O–H groups in total. The molecular formula is C26H32O3. The van der Waals surface area contributed by atoms with Crippen LogP contribution in [0.3, 0.4) is 0 Å². The van der Waals surface area contributed by atoms with Crippen LogP contribution in [0.1, 0.15) is 87.0 Å². The maximum Gasteiger partial charge on any atom is 0.338 e. The van der Waals surface area contributed by atoms with Crippen molar-refractivity contribution in [1.82, 2.24) is 0 Å². The zero-order valence-corrected chi connectivity index (χ0v) is 18.5. The smallest absolute Gasteiger partial charge is 0.338 e. The van der Waals surface area contributed by atoms with E-state index < -0.39 is 0 Å². The van der Waals surface area contributed by atoms with Crippen molar-refractivity contribution in [2.45, 2.75) is 70.6 Å². The standard InChI is InChI=1S/C26H32O3/c1-7-28-23(27)17-8-10-18(11-9-17)26(6)16-29-22-15-20-19(14-21(22)26)24(2,3)12-13-25(20,4)5/h8-11,14-15H,7,12-13,16H2,1-6H3. The van der Waals surface area contributed by atoms with Gasteiger partial charge in [-0.25, -0.2) is 4.79 Å². The molecule has 2 aliphatic rings. The Morgan fingerprint density at radius 1 is 0.931 bits per heavy atom. The lowest BCUT2D eigenvalue weighted by atomic mass is 9.62. The van der Waals surface area contributed by atoms with E-state index in [0.29, 0.717) is 18.8 Å². The average Bonchev–Trinajstić information content (AvgIpc) is 3.03. The predicted molar refractivity (Wildman–Crippen MR) is 116 cm³/mol. The predicted octanol–water partition coefficient (Wildman–Crippen LogP) is 5.91. The molecule has 3 heteroatoms. The van der Waals surface area contributed by atoms with Gasteiger partial charge < -0.3 is 9.47 Å². The van der Waals surface area contributed by atoms with Crippen molar-refractivity contribution in [3.8, 4) is 5.75 Å². The van der Waals surface area contributed by atoms with E-state index in [2.05, 4.69) is 46.8 Å². The molecule has 1 heterocycles.